The zero-order valence-corrected chi connectivity index (χ0v) is 13.6. The maximum atomic E-state index is 9.69. The minimum atomic E-state index is -1.02. The van der Waals surface area contributed by atoms with Crippen molar-refractivity contribution in [3.8, 4) is 17.6 Å². The molecular weight excluding hydrogens is 328 g/mol. The molecule has 108 valence electrons. The molecule has 0 amide bonds. The molecule has 0 saturated heterocycles. The average Bonchev–Trinajstić information content (AvgIpc) is 2.44. The van der Waals surface area contributed by atoms with E-state index in [9.17, 15) is 5.11 Å². The van der Waals surface area contributed by atoms with Gasteiger partial charge in [0.1, 0.15) is 18.0 Å². The summed E-state index contributed by atoms with van der Waals surface area (Å²) in [6.45, 7) is 3.78. The van der Waals surface area contributed by atoms with Crippen LogP contribution in [0.2, 0.25) is 0 Å². The lowest BCUT2D eigenvalue weighted by atomic mass is 10.1. The van der Waals surface area contributed by atoms with Gasteiger partial charge in [0, 0.05) is 10.0 Å². The van der Waals surface area contributed by atoms with E-state index in [0.717, 1.165) is 15.6 Å². The third-order valence-corrected chi connectivity index (χ3v) is 3.50. The molecule has 3 heteroatoms. The van der Waals surface area contributed by atoms with Crippen molar-refractivity contribution in [2.75, 3.05) is 0 Å². The molecule has 2 rings (SSSR count). The van der Waals surface area contributed by atoms with Crippen molar-refractivity contribution >= 4 is 15.9 Å². The molecule has 0 atom stereocenters. The summed E-state index contributed by atoms with van der Waals surface area (Å²) in [6.07, 6.45) is 0. The van der Waals surface area contributed by atoms with Crippen LogP contribution < -0.4 is 4.74 Å². The largest absolute Gasteiger partial charge is 0.488 e. The number of ether oxygens (including phenoxy) is 1. The van der Waals surface area contributed by atoms with Gasteiger partial charge < -0.3 is 9.84 Å². The molecule has 2 aromatic carbocycles. The molecule has 0 radical (unpaired) electrons. The van der Waals surface area contributed by atoms with E-state index in [-0.39, 0.29) is 0 Å². The van der Waals surface area contributed by atoms with Gasteiger partial charge in [0.15, 0.2) is 0 Å². The van der Waals surface area contributed by atoms with Crippen LogP contribution in [0.25, 0.3) is 0 Å². The van der Waals surface area contributed by atoms with Crippen LogP contribution in [0.5, 0.6) is 5.75 Å². The van der Waals surface area contributed by atoms with E-state index in [1.165, 1.54) is 0 Å². The highest BCUT2D eigenvalue weighted by Crippen LogP contribution is 2.21. The molecule has 0 heterocycles. The molecule has 0 aliphatic heterocycles. The van der Waals surface area contributed by atoms with E-state index in [2.05, 4.69) is 27.8 Å². The monoisotopic (exact) mass is 344 g/mol. The van der Waals surface area contributed by atoms with Gasteiger partial charge in [-0.15, -0.1) is 0 Å². The number of para-hydroxylation sites is 1. The SMILES string of the molecule is CC(C)(O)C#Cc1ccccc1OCc1ccccc1Br. The predicted molar refractivity (Wildman–Crippen MR) is 88.1 cm³/mol. The highest BCUT2D eigenvalue weighted by molar-refractivity contribution is 9.10. The van der Waals surface area contributed by atoms with Crippen molar-refractivity contribution in [1.82, 2.24) is 0 Å². The van der Waals surface area contributed by atoms with Crippen molar-refractivity contribution in [3.63, 3.8) is 0 Å². The van der Waals surface area contributed by atoms with Gasteiger partial charge in [-0.3, -0.25) is 0 Å². The summed E-state index contributed by atoms with van der Waals surface area (Å²) in [5.41, 5.74) is 0.824. The van der Waals surface area contributed by atoms with Crippen LogP contribution in [-0.4, -0.2) is 10.7 Å². The summed E-state index contributed by atoms with van der Waals surface area (Å²) in [5.74, 6) is 6.48. The van der Waals surface area contributed by atoms with Gasteiger partial charge in [-0.1, -0.05) is 58.1 Å². The number of hydrogen-bond acceptors (Lipinski definition) is 2. The summed E-state index contributed by atoms with van der Waals surface area (Å²) in [5, 5.41) is 9.69. The first-order chi connectivity index (χ1) is 9.96. The molecule has 0 fully saturated rings. The number of benzene rings is 2. The van der Waals surface area contributed by atoms with E-state index in [4.69, 9.17) is 4.74 Å². The van der Waals surface area contributed by atoms with Crippen LogP contribution in [0.4, 0.5) is 0 Å². The van der Waals surface area contributed by atoms with Crippen LogP contribution in [0.1, 0.15) is 25.0 Å². The molecule has 0 aliphatic carbocycles. The molecule has 0 aromatic heterocycles. The second-order valence-corrected chi connectivity index (χ2v) is 6.04. The molecule has 2 aromatic rings. The fraction of sp³-hybridized carbons (Fsp3) is 0.222. The minimum absolute atomic E-state index is 0.461. The standard InChI is InChI=1S/C18H17BrO2/c1-18(2,20)12-11-14-7-4-6-10-17(14)21-13-15-8-3-5-9-16(15)19/h3-10,20H,13H2,1-2H3. The summed E-state index contributed by atoms with van der Waals surface area (Å²) in [6, 6.07) is 15.5. The quantitative estimate of drug-likeness (QED) is 0.847. The van der Waals surface area contributed by atoms with Gasteiger partial charge in [0.25, 0.3) is 0 Å². The number of hydrogen-bond donors (Lipinski definition) is 1. The summed E-state index contributed by atoms with van der Waals surface area (Å²) in [4.78, 5) is 0. The van der Waals surface area contributed by atoms with Gasteiger partial charge in [-0.25, -0.2) is 0 Å². The van der Waals surface area contributed by atoms with E-state index >= 15 is 0 Å². The molecule has 21 heavy (non-hydrogen) atoms. The Morgan fingerprint density at radius 3 is 2.48 bits per heavy atom. The minimum Gasteiger partial charge on any atom is -0.488 e. The number of rotatable bonds is 3. The van der Waals surface area contributed by atoms with E-state index in [1.54, 1.807) is 13.8 Å². The summed E-state index contributed by atoms with van der Waals surface area (Å²) in [7, 11) is 0. The molecule has 0 spiro atoms. The molecule has 1 N–H and O–H groups in total. The van der Waals surface area contributed by atoms with E-state index in [1.807, 2.05) is 48.5 Å². The summed E-state index contributed by atoms with van der Waals surface area (Å²) >= 11 is 3.50. The van der Waals surface area contributed by atoms with Gasteiger partial charge in [-0.2, -0.15) is 0 Å². The first-order valence-electron chi connectivity index (χ1n) is 6.66. The van der Waals surface area contributed by atoms with Crippen molar-refractivity contribution in [3.05, 3.63) is 64.1 Å². The fourth-order valence-corrected chi connectivity index (χ4v) is 2.09. The Morgan fingerprint density at radius 1 is 1.10 bits per heavy atom. The zero-order valence-electron chi connectivity index (χ0n) is 12.1. The predicted octanol–water partition coefficient (Wildman–Crippen LogP) is 4.15. The molecular formula is C18H17BrO2. The fourth-order valence-electron chi connectivity index (χ4n) is 1.69. The Bertz CT molecular complexity index is 675. The lowest BCUT2D eigenvalue weighted by molar-refractivity contribution is 0.143. The van der Waals surface area contributed by atoms with E-state index < -0.39 is 5.60 Å². The van der Waals surface area contributed by atoms with Crippen molar-refractivity contribution < 1.29 is 9.84 Å². The Labute approximate surface area is 133 Å². The zero-order chi connectivity index (χ0) is 15.3. The lowest BCUT2D eigenvalue weighted by Crippen LogP contribution is -2.14. The molecule has 2 nitrogen and oxygen atoms in total. The van der Waals surface area contributed by atoms with Gasteiger partial charge >= 0.3 is 0 Å². The maximum absolute atomic E-state index is 9.69. The van der Waals surface area contributed by atoms with Crippen molar-refractivity contribution in [2.24, 2.45) is 0 Å². The second kappa shape index (κ2) is 6.80. The van der Waals surface area contributed by atoms with Gasteiger partial charge in [0.05, 0.1) is 5.56 Å². The highest BCUT2D eigenvalue weighted by Gasteiger charge is 2.07. The Hall–Kier alpha value is -1.76. The smallest absolute Gasteiger partial charge is 0.135 e. The third kappa shape index (κ3) is 4.93. The van der Waals surface area contributed by atoms with Crippen molar-refractivity contribution in [1.29, 1.82) is 0 Å². The van der Waals surface area contributed by atoms with Gasteiger partial charge in [-0.05, 0) is 32.0 Å². The highest BCUT2D eigenvalue weighted by atomic mass is 79.9. The molecule has 0 saturated carbocycles. The first-order valence-corrected chi connectivity index (χ1v) is 7.46. The van der Waals surface area contributed by atoms with Crippen LogP contribution in [0, 0.1) is 11.8 Å². The Morgan fingerprint density at radius 2 is 1.76 bits per heavy atom. The Kier molecular flexibility index (Phi) is 5.06. The topological polar surface area (TPSA) is 29.5 Å². The maximum Gasteiger partial charge on any atom is 0.135 e. The molecule has 0 aliphatic rings. The second-order valence-electron chi connectivity index (χ2n) is 5.19. The van der Waals surface area contributed by atoms with Crippen molar-refractivity contribution in [2.45, 2.75) is 26.1 Å². The van der Waals surface area contributed by atoms with Gasteiger partial charge in [0.2, 0.25) is 0 Å². The molecule has 0 bridgehead atoms. The Balaban J connectivity index is 2.17. The van der Waals surface area contributed by atoms with E-state index in [0.29, 0.717) is 12.4 Å². The average molecular weight is 345 g/mol. The number of halogens is 1. The van der Waals surface area contributed by atoms with Crippen LogP contribution >= 0.6 is 15.9 Å². The van der Waals surface area contributed by atoms with Crippen LogP contribution in [0.3, 0.4) is 0 Å². The number of aliphatic hydroxyl groups is 1. The third-order valence-electron chi connectivity index (χ3n) is 2.73. The summed E-state index contributed by atoms with van der Waals surface area (Å²) < 4.78 is 6.87. The lowest BCUT2D eigenvalue weighted by Gasteiger charge is -2.10. The van der Waals surface area contributed by atoms with Crippen LogP contribution in [0.15, 0.2) is 53.0 Å². The first kappa shape index (κ1) is 15.6. The molecule has 0 unspecified atom stereocenters. The normalized spacial score (nSPS) is 10.7. The van der Waals surface area contributed by atoms with Crippen LogP contribution in [-0.2, 0) is 6.61 Å².